The standard InChI is InChI=1S/C15H15ClN2OS/c1-18-12-4-2-10(8-9(12)3-5-13(18)19)14(17)15-11(16)6-7-20-15/h2,4,6-8,14H,3,5,17H2,1H3. The quantitative estimate of drug-likeness (QED) is 0.925. The second-order valence-corrected chi connectivity index (χ2v) is 6.31. The molecule has 3 nitrogen and oxygen atoms in total. The number of halogens is 1. The lowest BCUT2D eigenvalue weighted by Gasteiger charge is -2.26. The third-order valence-corrected chi connectivity index (χ3v) is 5.18. The molecule has 1 unspecified atom stereocenters. The van der Waals surface area contributed by atoms with E-state index in [1.807, 2.05) is 30.6 Å². The van der Waals surface area contributed by atoms with E-state index in [-0.39, 0.29) is 11.9 Å². The third-order valence-electron chi connectivity index (χ3n) is 3.73. The molecule has 2 heterocycles. The van der Waals surface area contributed by atoms with Gasteiger partial charge in [-0.3, -0.25) is 4.79 Å². The molecule has 20 heavy (non-hydrogen) atoms. The number of rotatable bonds is 2. The second kappa shape index (κ2) is 5.20. The number of amides is 1. The van der Waals surface area contributed by atoms with E-state index in [9.17, 15) is 4.79 Å². The lowest BCUT2D eigenvalue weighted by atomic mass is 9.96. The highest BCUT2D eigenvalue weighted by Gasteiger charge is 2.22. The van der Waals surface area contributed by atoms with Gasteiger partial charge in [0, 0.05) is 24.0 Å². The summed E-state index contributed by atoms with van der Waals surface area (Å²) in [6, 6.07) is 7.71. The Morgan fingerprint density at radius 1 is 1.35 bits per heavy atom. The first kappa shape index (κ1) is 13.6. The van der Waals surface area contributed by atoms with Gasteiger partial charge in [-0.25, -0.2) is 0 Å². The van der Waals surface area contributed by atoms with Gasteiger partial charge in [0.1, 0.15) is 0 Å². The summed E-state index contributed by atoms with van der Waals surface area (Å²) in [6.45, 7) is 0. The van der Waals surface area contributed by atoms with Gasteiger partial charge in [0.25, 0.3) is 0 Å². The Bertz CT molecular complexity index is 668. The fraction of sp³-hybridized carbons (Fsp3) is 0.267. The van der Waals surface area contributed by atoms with Crippen molar-refractivity contribution in [1.82, 2.24) is 0 Å². The molecular formula is C15H15ClN2OS. The molecule has 104 valence electrons. The Balaban J connectivity index is 1.97. The third kappa shape index (κ3) is 2.24. The van der Waals surface area contributed by atoms with Crippen LogP contribution in [0.25, 0.3) is 0 Å². The van der Waals surface area contributed by atoms with Crippen molar-refractivity contribution in [2.75, 3.05) is 11.9 Å². The fourth-order valence-corrected chi connectivity index (χ4v) is 3.75. The Morgan fingerprint density at radius 2 is 2.15 bits per heavy atom. The topological polar surface area (TPSA) is 46.3 Å². The van der Waals surface area contributed by atoms with Crippen molar-refractivity contribution in [3.8, 4) is 0 Å². The van der Waals surface area contributed by atoms with Crippen molar-refractivity contribution in [3.05, 3.63) is 50.7 Å². The summed E-state index contributed by atoms with van der Waals surface area (Å²) >= 11 is 7.72. The van der Waals surface area contributed by atoms with Crippen LogP contribution in [0.5, 0.6) is 0 Å². The molecule has 5 heteroatoms. The number of carbonyl (C=O) groups excluding carboxylic acids is 1. The largest absolute Gasteiger partial charge is 0.320 e. The van der Waals surface area contributed by atoms with E-state index in [1.54, 1.807) is 16.2 Å². The van der Waals surface area contributed by atoms with E-state index in [2.05, 4.69) is 6.07 Å². The monoisotopic (exact) mass is 306 g/mol. The molecule has 0 saturated heterocycles. The number of hydrogen-bond acceptors (Lipinski definition) is 3. The first-order valence-corrected chi connectivity index (χ1v) is 7.71. The van der Waals surface area contributed by atoms with Gasteiger partial charge in [0.05, 0.1) is 11.1 Å². The van der Waals surface area contributed by atoms with Crippen molar-refractivity contribution in [1.29, 1.82) is 0 Å². The molecule has 1 aromatic carbocycles. The molecule has 0 radical (unpaired) electrons. The van der Waals surface area contributed by atoms with Crippen molar-refractivity contribution >= 4 is 34.5 Å². The molecule has 1 aliphatic heterocycles. The maximum atomic E-state index is 11.7. The normalized spacial score (nSPS) is 16.1. The zero-order valence-electron chi connectivity index (χ0n) is 11.1. The smallest absolute Gasteiger partial charge is 0.227 e. The van der Waals surface area contributed by atoms with Gasteiger partial charge < -0.3 is 10.6 Å². The Hall–Kier alpha value is -1.36. The fourth-order valence-electron chi connectivity index (χ4n) is 2.55. The Morgan fingerprint density at radius 3 is 2.85 bits per heavy atom. The van der Waals surface area contributed by atoms with Gasteiger partial charge in [0.2, 0.25) is 5.91 Å². The molecule has 1 atom stereocenters. The predicted octanol–water partition coefficient (Wildman–Crippen LogP) is 3.36. The minimum absolute atomic E-state index is 0.163. The highest BCUT2D eigenvalue weighted by molar-refractivity contribution is 7.10. The van der Waals surface area contributed by atoms with Crippen LogP contribution in [0, 0.1) is 0 Å². The van der Waals surface area contributed by atoms with Gasteiger partial charge in [0.15, 0.2) is 0 Å². The van der Waals surface area contributed by atoms with E-state index in [4.69, 9.17) is 17.3 Å². The predicted molar refractivity (Wildman–Crippen MR) is 83.5 cm³/mol. The van der Waals surface area contributed by atoms with Crippen LogP contribution >= 0.6 is 22.9 Å². The van der Waals surface area contributed by atoms with E-state index in [1.165, 1.54) is 5.56 Å². The lowest BCUT2D eigenvalue weighted by molar-refractivity contribution is -0.118. The maximum Gasteiger partial charge on any atom is 0.227 e. The summed E-state index contributed by atoms with van der Waals surface area (Å²) in [7, 11) is 1.82. The molecule has 0 aliphatic carbocycles. The molecule has 2 aromatic rings. The van der Waals surface area contributed by atoms with E-state index in [0.29, 0.717) is 11.4 Å². The number of fused-ring (bicyclic) bond motifs is 1. The summed E-state index contributed by atoms with van der Waals surface area (Å²) in [5.41, 5.74) is 9.49. The van der Waals surface area contributed by atoms with Crippen LogP contribution in [0.2, 0.25) is 5.02 Å². The summed E-state index contributed by atoms with van der Waals surface area (Å²) in [6.07, 6.45) is 1.33. The number of aryl methyl sites for hydroxylation is 1. The number of carbonyl (C=O) groups is 1. The van der Waals surface area contributed by atoms with Gasteiger partial charge in [-0.05, 0) is 35.1 Å². The molecule has 1 amide bonds. The zero-order valence-corrected chi connectivity index (χ0v) is 12.7. The summed E-state index contributed by atoms with van der Waals surface area (Å²) in [4.78, 5) is 14.4. The van der Waals surface area contributed by atoms with Crippen LogP contribution in [0.3, 0.4) is 0 Å². The van der Waals surface area contributed by atoms with Gasteiger partial charge >= 0.3 is 0 Å². The molecule has 1 aliphatic rings. The molecule has 0 spiro atoms. The zero-order chi connectivity index (χ0) is 14.3. The van der Waals surface area contributed by atoms with Crippen molar-refractivity contribution in [3.63, 3.8) is 0 Å². The van der Waals surface area contributed by atoms with E-state index >= 15 is 0 Å². The van der Waals surface area contributed by atoms with Crippen molar-refractivity contribution in [2.24, 2.45) is 5.73 Å². The number of benzene rings is 1. The Kier molecular flexibility index (Phi) is 3.54. The van der Waals surface area contributed by atoms with Crippen LogP contribution in [0.15, 0.2) is 29.6 Å². The highest BCUT2D eigenvalue weighted by Crippen LogP contribution is 2.34. The average Bonchev–Trinajstić information content (AvgIpc) is 2.88. The van der Waals surface area contributed by atoms with E-state index in [0.717, 1.165) is 22.5 Å². The first-order chi connectivity index (χ1) is 9.58. The van der Waals surface area contributed by atoms with E-state index < -0.39 is 0 Å². The van der Waals surface area contributed by atoms with Crippen LogP contribution in [-0.4, -0.2) is 13.0 Å². The van der Waals surface area contributed by atoms with Crippen molar-refractivity contribution < 1.29 is 4.79 Å². The molecule has 0 saturated carbocycles. The number of hydrogen-bond donors (Lipinski definition) is 1. The average molecular weight is 307 g/mol. The maximum absolute atomic E-state index is 11.7. The minimum Gasteiger partial charge on any atom is -0.320 e. The first-order valence-electron chi connectivity index (χ1n) is 6.46. The lowest BCUT2D eigenvalue weighted by Crippen LogP contribution is -2.31. The van der Waals surface area contributed by atoms with Crippen LogP contribution in [0.4, 0.5) is 5.69 Å². The molecule has 0 bridgehead atoms. The van der Waals surface area contributed by atoms with Gasteiger partial charge in [-0.1, -0.05) is 23.7 Å². The van der Waals surface area contributed by atoms with Crippen LogP contribution in [-0.2, 0) is 11.2 Å². The van der Waals surface area contributed by atoms with Crippen LogP contribution < -0.4 is 10.6 Å². The number of nitrogens with two attached hydrogens (primary N) is 1. The second-order valence-electron chi connectivity index (χ2n) is 4.95. The van der Waals surface area contributed by atoms with Gasteiger partial charge in [-0.2, -0.15) is 0 Å². The minimum atomic E-state index is -0.212. The van der Waals surface area contributed by atoms with Crippen LogP contribution in [0.1, 0.15) is 28.5 Å². The molecule has 3 rings (SSSR count). The molecule has 1 aromatic heterocycles. The van der Waals surface area contributed by atoms with Gasteiger partial charge in [-0.15, -0.1) is 11.3 Å². The SMILES string of the molecule is CN1C(=O)CCc2cc(C(N)c3sccc3Cl)ccc21. The molecule has 0 fully saturated rings. The summed E-state index contributed by atoms with van der Waals surface area (Å²) in [5.74, 6) is 0.163. The highest BCUT2D eigenvalue weighted by atomic mass is 35.5. The Labute approximate surface area is 127 Å². The van der Waals surface area contributed by atoms with Crippen molar-refractivity contribution in [2.45, 2.75) is 18.9 Å². The summed E-state index contributed by atoms with van der Waals surface area (Å²) in [5, 5.41) is 2.66. The molecular weight excluding hydrogens is 292 g/mol. The number of thiophene rings is 1. The number of nitrogens with zero attached hydrogens (tertiary/aromatic N) is 1. The summed E-state index contributed by atoms with van der Waals surface area (Å²) < 4.78 is 0. The number of anilines is 1. The molecule has 2 N–H and O–H groups in total.